The molecule has 1 unspecified atom stereocenters. The lowest BCUT2D eigenvalue weighted by molar-refractivity contribution is -0.137. The van der Waals surface area contributed by atoms with Crippen molar-refractivity contribution in [3.8, 4) is 0 Å². The van der Waals surface area contributed by atoms with Crippen molar-refractivity contribution in [1.29, 1.82) is 0 Å². The molecule has 2 nitrogen and oxygen atoms in total. The topological polar surface area (TPSA) is 30.0 Å². The average Bonchev–Trinajstić information content (AvgIpc) is 2.15. The minimum absolute atomic E-state index is 0.0691. The SMILES string of the molecule is O=CC(Br)c1ncc(C(F)(F)F)cc1Cl. The molecule has 1 heterocycles. The molecule has 82 valence electrons. The van der Waals surface area contributed by atoms with E-state index >= 15 is 0 Å². The molecule has 0 saturated heterocycles. The second kappa shape index (κ2) is 4.49. The first kappa shape index (κ1) is 12.4. The number of alkyl halides is 4. The summed E-state index contributed by atoms with van der Waals surface area (Å²) < 4.78 is 36.6. The van der Waals surface area contributed by atoms with Crippen LogP contribution in [0.4, 0.5) is 13.2 Å². The molecule has 0 saturated carbocycles. The first-order valence-corrected chi connectivity index (χ1v) is 4.97. The van der Waals surface area contributed by atoms with Gasteiger partial charge in [0.05, 0.1) is 16.3 Å². The first-order chi connectivity index (χ1) is 6.86. The standard InChI is InChI=1S/C8H4BrClF3NO/c9-5(3-15)7-6(10)1-4(2-14-7)8(11,12)13/h1-3,5H. The molecule has 0 fully saturated rings. The first-order valence-electron chi connectivity index (χ1n) is 3.68. The Balaban J connectivity index is 3.14. The fourth-order valence-electron chi connectivity index (χ4n) is 0.871. The maximum Gasteiger partial charge on any atom is 0.417 e. The summed E-state index contributed by atoms with van der Waals surface area (Å²) >= 11 is 8.47. The summed E-state index contributed by atoms with van der Waals surface area (Å²) in [5.74, 6) is 0. The van der Waals surface area contributed by atoms with Gasteiger partial charge in [0.25, 0.3) is 0 Å². The summed E-state index contributed by atoms with van der Waals surface area (Å²) in [6.07, 6.45) is -3.36. The number of carbonyl (C=O) groups excluding carboxylic acids is 1. The molecule has 1 aromatic heterocycles. The number of hydrogen-bond acceptors (Lipinski definition) is 2. The summed E-state index contributed by atoms with van der Waals surface area (Å²) in [5, 5.41) is -0.196. The van der Waals surface area contributed by atoms with Crippen LogP contribution in [0.25, 0.3) is 0 Å². The van der Waals surface area contributed by atoms with Gasteiger partial charge >= 0.3 is 6.18 Å². The third kappa shape index (κ3) is 2.92. The van der Waals surface area contributed by atoms with E-state index in [0.717, 1.165) is 6.07 Å². The molecule has 0 radical (unpaired) electrons. The number of rotatable bonds is 2. The molecule has 0 aliphatic heterocycles. The lowest BCUT2D eigenvalue weighted by atomic mass is 10.2. The van der Waals surface area contributed by atoms with Crippen molar-refractivity contribution in [1.82, 2.24) is 4.98 Å². The van der Waals surface area contributed by atoms with E-state index in [9.17, 15) is 18.0 Å². The van der Waals surface area contributed by atoms with E-state index in [1.54, 1.807) is 0 Å². The Morgan fingerprint density at radius 3 is 2.53 bits per heavy atom. The van der Waals surface area contributed by atoms with Crippen LogP contribution >= 0.6 is 27.5 Å². The maximum absolute atomic E-state index is 12.2. The van der Waals surface area contributed by atoms with Crippen LogP contribution in [0, 0.1) is 0 Å². The van der Waals surface area contributed by atoms with Crippen molar-refractivity contribution in [3.63, 3.8) is 0 Å². The molecule has 0 aromatic carbocycles. The Morgan fingerprint density at radius 2 is 2.13 bits per heavy atom. The quantitative estimate of drug-likeness (QED) is 0.619. The molecule has 1 rings (SSSR count). The molecule has 1 aromatic rings. The molecule has 15 heavy (non-hydrogen) atoms. The lowest BCUT2D eigenvalue weighted by Gasteiger charge is -2.09. The third-order valence-corrected chi connectivity index (χ3v) is 2.53. The highest BCUT2D eigenvalue weighted by Gasteiger charge is 2.32. The molecule has 0 spiro atoms. The Hall–Kier alpha value is -0.620. The van der Waals surface area contributed by atoms with Crippen LogP contribution in [-0.2, 0) is 11.0 Å². The van der Waals surface area contributed by atoms with Gasteiger partial charge in [0.15, 0.2) is 0 Å². The number of nitrogens with zero attached hydrogens (tertiary/aromatic N) is 1. The largest absolute Gasteiger partial charge is 0.417 e. The number of aldehydes is 1. The van der Waals surface area contributed by atoms with Crippen molar-refractivity contribution in [2.24, 2.45) is 0 Å². The van der Waals surface area contributed by atoms with E-state index in [-0.39, 0.29) is 10.7 Å². The zero-order valence-electron chi connectivity index (χ0n) is 7.05. The number of halogens is 5. The summed E-state index contributed by atoms with van der Waals surface area (Å²) in [7, 11) is 0. The Bertz CT molecular complexity index is 383. The molecule has 0 aliphatic carbocycles. The molecule has 0 aliphatic rings. The monoisotopic (exact) mass is 301 g/mol. The van der Waals surface area contributed by atoms with Gasteiger partial charge in [-0.25, -0.2) is 0 Å². The minimum Gasteiger partial charge on any atom is -0.302 e. The summed E-state index contributed by atoms with van der Waals surface area (Å²) in [4.78, 5) is 13.1. The second-order valence-corrected chi connectivity index (χ2v) is 4.02. The normalized spacial score (nSPS) is 13.7. The van der Waals surface area contributed by atoms with E-state index < -0.39 is 16.6 Å². The number of aromatic nitrogens is 1. The van der Waals surface area contributed by atoms with Crippen molar-refractivity contribution in [2.75, 3.05) is 0 Å². The zero-order valence-corrected chi connectivity index (χ0v) is 9.40. The van der Waals surface area contributed by atoms with Crippen LogP contribution in [-0.4, -0.2) is 11.3 Å². The van der Waals surface area contributed by atoms with Gasteiger partial charge in [0.2, 0.25) is 0 Å². The molecular formula is C8H4BrClF3NO. The van der Waals surface area contributed by atoms with E-state index in [1.807, 2.05) is 0 Å². The number of hydrogen-bond donors (Lipinski definition) is 0. The van der Waals surface area contributed by atoms with Crippen molar-refractivity contribution in [2.45, 2.75) is 11.0 Å². The average molecular weight is 302 g/mol. The van der Waals surface area contributed by atoms with E-state index in [0.29, 0.717) is 12.5 Å². The summed E-state index contributed by atoms with van der Waals surface area (Å²) in [6, 6.07) is 0.738. The van der Waals surface area contributed by atoms with Crippen molar-refractivity contribution >= 4 is 33.8 Å². The second-order valence-electron chi connectivity index (χ2n) is 2.63. The predicted molar refractivity (Wildman–Crippen MR) is 52.0 cm³/mol. The Kier molecular flexibility index (Phi) is 3.72. The molecular weight excluding hydrogens is 298 g/mol. The minimum atomic E-state index is -4.49. The molecule has 0 bridgehead atoms. The van der Waals surface area contributed by atoms with Crippen LogP contribution in [0.1, 0.15) is 16.1 Å². The highest BCUT2D eigenvalue weighted by molar-refractivity contribution is 9.09. The fraction of sp³-hybridized carbons (Fsp3) is 0.250. The predicted octanol–water partition coefficient (Wildman–Crippen LogP) is 3.39. The molecule has 7 heteroatoms. The van der Waals surface area contributed by atoms with Crippen LogP contribution in [0.3, 0.4) is 0 Å². The van der Waals surface area contributed by atoms with E-state index in [2.05, 4.69) is 20.9 Å². The van der Waals surface area contributed by atoms with Gasteiger partial charge < -0.3 is 4.79 Å². The Morgan fingerprint density at radius 1 is 1.53 bits per heavy atom. The van der Waals surface area contributed by atoms with E-state index in [1.165, 1.54) is 0 Å². The van der Waals surface area contributed by atoms with Gasteiger partial charge in [-0.2, -0.15) is 13.2 Å². The third-order valence-electron chi connectivity index (χ3n) is 1.58. The smallest absolute Gasteiger partial charge is 0.302 e. The van der Waals surface area contributed by atoms with Crippen LogP contribution in [0.2, 0.25) is 5.02 Å². The summed E-state index contributed by atoms with van der Waals surface area (Å²) in [5.41, 5.74) is -0.874. The zero-order chi connectivity index (χ0) is 11.6. The lowest BCUT2D eigenvalue weighted by Crippen LogP contribution is -2.07. The molecule has 0 amide bonds. The van der Waals surface area contributed by atoms with Gasteiger partial charge in [-0.15, -0.1) is 0 Å². The Labute approximate surface area is 96.6 Å². The highest BCUT2D eigenvalue weighted by atomic mass is 79.9. The van der Waals surface area contributed by atoms with Crippen LogP contribution in [0.15, 0.2) is 12.3 Å². The number of pyridine rings is 1. The molecule has 0 N–H and O–H groups in total. The van der Waals surface area contributed by atoms with Crippen molar-refractivity contribution in [3.05, 3.63) is 28.5 Å². The summed E-state index contributed by atoms with van der Waals surface area (Å²) in [6.45, 7) is 0. The van der Waals surface area contributed by atoms with Gasteiger partial charge in [0.1, 0.15) is 11.1 Å². The highest BCUT2D eigenvalue weighted by Crippen LogP contribution is 2.33. The van der Waals surface area contributed by atoms with Gasteiger partial charge in [-0.05, 0) is 6.07 Å². The van der Waals surface area contributed by atoms with Gasteiger partial charge in [-0.1, -0.05) is 27.5 Å². The van der Waals surface area contributed by atoms with Gasteiger partial charge in [0, 0.05) is 6.20 Å². The van der Waals surface area contributed by atoms with Gasteiger partial charge in [-0.3, -0.25) is 4.98 Å². The molecule has 1 atom stereocenters. The van der Waals surface area contributed by atoms with Crippen LogP contribution in [0.5, 0.6) is 0 Å². The van der Waals surface area contributed by atoms with Crippen LogP contribution < -0.4 is 0 Å². The fourth-order valence-corrected chi connectivity index (χ4v) is 1.65. The number of carbonyl (C=O) groups is 1. The van der Waals surface area contributed by atoms with Crippen molar-refractivity contribution < 1.29 is 18.0 Å². The maximum atomic E-state index is 12.2. The van der Waals surface area contributed by atoms with E-state index in [4.69, 9.17) is 11.6 Å².